The first-order valence-corrected chi connectivity index (χ1v) is 18.8. The number of methoxy groups -OCH3 is 1. The summed E-state index contributed by atoms with van der Waals surface area (Å²) in [5.41, 5.74) is 1.47. The second kappa shape index (κ2) is 15.7. The third kappa shape index (κ3) is 8.07. The van der Waals surface area contributed by atoms with E-state index in [1.165, 1.54) is 34.7 Å². The van der Waals surface area contributed by atoms with Crippen LogP contribution in [0.5, 0.6) is 5.75 Å². The average molecular weight is 703 g/mol. The monoisotopic (exact) mass is 702 g/mol. The fraction of sp³-hybridized carbons (Fsp3) is 0.590. The van der Waals surface area contributed by atoms with Crippen molar-refractivity contribution < 1.29 is 28.3 Å². The van der Waals surface area contributed by atoms with Gasteiger partial charge in [-0.25, -0.2) is 4.39 Å². The van der Waals surface area contributed by atoms with E-state index in [0.29, 0.717) is 44.5 Å². The molecule has 0 radical (unpaired) electrons. The van der Waals surface area contributed by atoms with Crippen LogP contribution in [0.3, 0.4) is 0 Å². The molecule has 12 heteroatoms. The molecule has 4 amide bonds. The standard InChI is InChI=1S/C39H51FN6O5/c1-51-33-5-2-4-26(20-33)23-43-17-12-28-21-36(47)44-18-13-32(14-19-44)45-16-3-6-34(45)38(49)42-31-22-35(37(48)41-15-11-29(28)24-43)46(25-31)39(50)27-7-9-30(40)10-8-27/h2,4-5,7-10,20,28-29,31-32,34-35H,3,6,11-19,21-25H2,1H3,(H,41,48)(H,42,49)/t28-,29-,31+,34-,35+/m0/s1. The summed E-state index contributed by atoms with van der Waals surface area (Å²) in [6.45, 7) is 5.35. The summed E-state index contributed by atoms with van der Waals surface area (Å²) in [5, 5.41) is 6.33. The number of ether oxygens (including phenoxy) is 1. The predicted molar refractivity (Wildman–Crippen MR) is 189 cm³/mol. The molecule has 0 unspecified atom stereocenters. The first-order chi connectivity index (χ1) is 24.7. The number of hydrogen-bond acceptors (Lipinski definition) is 7. The van der Waals surface area contributed by atoms with Crippen LogP contribution in [0.1, 0.15) is 67.3 Å². The van der Waals surface area contributed by atoms with Crippen LogP contribution in [0, 0.1) is 17.7 Å². The van der Waals surface area contributed by atoms with Crippen molar-refractivity contribution in [3.63, 3.8) is 0 Å². The van der Waals surface area contributed by atoms with E-state index in [9.17, 15) is 23.6 Å². The van der Waals surface area contributed by atoms with Gasteiger partial charge < -0.3 is 25.2 Å². The topological polar surface area (TPSA) is 115 Å². The number of amides is 4. The van der Waals surface area contributed by atoms with Crippen LogP contribution in [0.25, 0.3) is 0 Å². The highest BCUT2D eigenvalue weighted by Gasteiger charge is 2.43. The minimum atomic E-state index is -0.772. The highest BCUT2D eigenvalue weighted by molar-refractivity contribution is 5.98. The molecule has 2 N–H and O–H groups in total. The first kappa shape index (κ1) is 35.4. The van der Waals surface area contributed by atoms with E-state index in [1.807, 2.05) is 17.0 Å². The van der Waals surface area contributed by atoms with Crippen LogP contribution in [-0.4, -0.2) is 120 Å². The summed E-state index contributed by atoms with van der Waals surface area (Å²) in [7, 11) is 1.67. The van der Waals surface area contributed by atoms with Gasteiger partial charge in [0.05, 0.1) is 13.2 Å². The van der Waals surface area contributed by atoms with Gasteiger partial charge in [-0.2, -0.15) is 0 Å². The number of nitrogens with zero attached hydrogens (tertiary/aromatic N) is 4. The Morgan fingerprint density at radius 2 is 1.69 bits per heavy atom. The predicted octanol–water partition coefficient (Wildman–Crippen LogP) is 3.04. The van der Waals surface area contributed by atoms with Gasteiger partial charge in [-0.15, -0.1) is 0 Å². The van der Waals surface area contributed by atoms with Crippen LogP contribution < -0.4 is 15.4 Å². The molecule has 0 saturated carbocycles. The van der Waals surface area contributed by atoms with Crippen LogP contribution in [0.2, 0.25) is 0 Å². The van der Waals surface area contributed by atoms with Crippen LogP contribution in [0.15, 0.2) is 48.5 Å². The number of likely N-dealkylation sites (tertiary alicyclic amines) is 2. The molecular formula is C39H51FN6O5. The highest BCUT2D eigenvalue weighted by atomic mass is 19.1. The van der Waals surface area contributed by atoms with Gasteiger partial charge in [-0.1, -0.05) is 12.1 Å². The van der Waals surface area contributed by atoms with Gasteiger partial charge in [0.2, 0.25) is 17.7 Å². The number of halogens is 1. The van der Waals surface area contributed by atoms with Crippen molar-refractivity contribution in [2.75, 3.05) is 52.9 Å². The third-order valence-corrected chi connectivity index (χ3v) is 12.0. The molecule has 5 atom stereocenters. The van der Waals surface area contributed by atoms with E-state index < -0.39 is 11.9 Å². The summed E-state index contributed by atoms with van der Waals surface area (Å²) in [5.74, 6) is 0.308. The number of carbonyl (C=O) groups excluding carboxylic acids is 4. The van der Waals surface area contributed by atoms with Crippen molar-refractivity contribution in [2.45, 2.75) is 82.1 Å². The zero-order chi connectivity index (χ0) is 35.5. The smallest absolute Gasteiger partial charge is 0.254 e. The fourth-order valence-electron chi connectivity index (χ4n) is 9.20. The van der Waals surface area contributed by atoms with Crippen molar-refractivity contribution in [1.29, 1.82) is 0 Å². The Labute approximate surface area is 299 Å². The van der Waals surface area contributed by atoms with Crippen LogP contribution >= 0.6 is 0 Å². The maximum absolute atomic E-state index is 13.9. The lowest BCUT2D eigenvalue weighted by Gasteiger charge is -2.41. The number of rotatable bonds is 4. The van der Waals surface area contributed by atoms with Gasteiger partial charge >= 0.3 is 0 Å². The lowest BCUT2D eigenvalue weighted by atomic mass is 9.80. The number of piperidine rings is 2. The van der Waals surface area contributed by atoms with Gasteiger partial charge in [0, 0.05) is 63.3 Å². The number of carbonyl (C=O) groups is 4. The summed E-state index contributed by atoms with van der Waals surface area (Å²) in [6.07, 6.45) is 5.80. The molecule has 2 aromatic carbocycles. The highest BCUT2D eigenvalue weighted by Crippen LogP contribution is 2.33. The Morgan fingerprint density at radius 1 is 0.882 bits per heavy atom. The summed E-state index contributed by atoms with van der Waals surface area (Å²) < 4.78 is 19.2. The Balaban J connectivity index is 1.11. The van der Waals surface area contributed by atoms with Gasteiger partial charge in [0.1, 0.15) is 17.6 Å². The van der Waals surface area contributed by atoms with Crippen molar-refractivity contribution >= 4 is 23.6 Å². The molecule has 0 spiro atoms. The maximum atomic E-state index is 13.9. The van der Waals surface area contributed by atoms with E-state index in [0.717, 1.165) is 64.0 Å². The Morgan fingerprint density at radius 3 is 2.47 bits per heavy atom. The van der Waals surface area contributed by atoms with E-state index in [2.05, 4.69) is 32.6 Å². The largest absolute Gasteiger partial charge is 0.497 e. The second-order valence-corrected chi connectivity index (χ2v) is 15.1. The fourth-order valence-corrected chi connectivity index (χ4v) is 9.20. The molecule has 2 aromatic rings. The second-order valence-electron chi connectivity index (χ2n) is 15.1. The third-order valence-electron chi connectivity index (χ3n) is 12.0. The van der Waals surface area contributed by atoms with Crippen molar-refractivity contribution in [2.24, 2.45) is 11.8 Å². The van der Waals surface area contributed by atoms with E-state index >= 15 is 0 Å². The molecule has 6 aliphatic rings. The summed E-state index contributed by atoms with van der Waals surface area (Å²) >= 11 is 0. The Bertz CT molecular complexity index is 1580. The lowest BCUT2D eigenvalue weighted by Crippen LogP contribution is -2.53. The molecule has 51 heavy (non-hydrogen) atoms. The molecule has 6 saturated heterocycles. The number of benzene rings is 2. The summed E-state index contributed by atoms with van der Waals surface area (Å²) in [6, 6.07) is 12.3. The normalized spacial score (nSPS) is 29.7. The van der Waals surface area contributed by atoms with E-state index in [4.69, 9.17) is 4.74 Å². The maximum Gasteiger partial charge on any atom is 0.254 e. The number of nitrogens with one attached hydrogen (secondary N) is 2. The van der Waals surface area contributed by atoms with Crippen molar-refractivity contribution in [1.82, 2.24) is 30.2 Å². The molecule has 6 aliphatic heterocycles. The molecular weight excluding hydrogens is 651 g/mol. The van der Waals surface area contributed by atoms with Crippen molar-refractivity contribution in [3.8, 4) is 5.75 Å². The van der Waals surface area contributed by atoms with Crippen LogP contribution in [0.4, 0.5) is 4.39 Å². The Hall–Kier alpha value is -4.03. The molecule has 4 bridgehead atoms. The lowest BCUT2D eigenvalue weighted by molar-refractivity contribution is -0.136. The van der Waals surface area contributed by atoms with Gasteiger partial charge in [0.25, 0.3) is 5.91 Å². The quantitative estimate of drug-likeness (QED) is 0.504. The molecule has 0 aromatic heterocycles. The molecule has 8 rings (SSSR count). The molecule has 6 heterocycles. The van der Waals surface area contributed by atoms with Gasteiger partial charge in [0.15, 0.2) is 0 Å². The molecule has 6 fully saturated rings. The number of fused-ring (bicyclic) bond motifs is 7. The zero-order valence-electron chi connectivity index (χ0n) is 29.6. The average Bonchev–Trinajstić information content (AvgIpc) is 3.81. The van der Waals surface area contributed by atoms with Crippen LogP contribution in [-0.2, 0) is 20.9 Å². The molecule has 11 nitrogen and oxygen atoms in total. The summed E-state index contributed by atoms with van der Waals surface area (Å²) in [4.78, 5) is 63.4. The van der Waals surface area contributed by atoms with Gasteiger partial charge in [-0.3, -0.25) is 29.0 Å². The zero-order valence-corrected chi connectivity index (χ0v) is 29.6. The van der Waals surface area contributed by atoms with Crippen molar-refractivity contribution in [3.05, 3.63) is 65.5 Å². The Kier molecular flexibility index (Phi) is 10.9. The molecule has 0 aliphatic carbocycles. The SMILES string of the molecule is COc1cccc(CN2CC[C@H]3CC(=O)N4CCC(CC4)N4CCC[C@H]4C(=O)N[C@@H]4C[C@H](C(=O)NCC[C@H]3C2)N(C(=O)c2ccc(F)cc2)C4)c1. The number of hydrogen-bond donors (Lipinski definition) is 2. The minimum absolute atomic E-state index is 0.0632. The van der Waals surface area contributed by atoms with Gasteiger partial charge in [-0.05, 0) is 112 Å². The molecule has 274 valence electrons. The van der Waals surface area contributed by atoms with E-state index in [-0.39, 0.29) is 60.1 Å². The van der Waals surface area contributed by atoms with E-state index in [1.54, 1.807) is 7.11 Å². The minimum Gasteiger partial charge on any atom is -0.497 e. The first-order valence-electron chi connectivity index (χ1n) is 18.8.